The number of rotatable bonds is 2. The van der Waals surface area contributed by atoms with Gasteiger partial charge in [-0.2, -0.15) is 0 Å². The summed E-state index contributed by atoms with van der Waals surface area (Å²) in [6.45, 7) is 10.3. The Morgan fingerprint density at radius 1 is 1.30 bits per heavy atom. The molecule has 0 aromatic rings. The fourth-order valence-corrected chi connectivity index (χ4v) is 5.44. The highest BCUT2D eigenvalue weighted by atomic mass is 16.3. The Labute approximate surface area is 139 Å². The minimum absolute atomic E-state index is 0.0116. The summed E-state index contributed by atoms with van der Waals surface area (Å²) < 4.78 is 0. The molecule has 0 heterocycles. The molecule has 2 fully saturated rings. The van der Waals surface area contributed by atoms with Crippen molar-refractivity contribution in [1.29, 1.82) is 0 Å². The van der Waals surface area contributed by atoms with Gasteiger partial charge in [-0.15, -0.1) is 6.58 Å². The van der Waals surface area contributed by atoms with Crippen LogP contribution in [-0.4, -0.2) is 28.7 Å². The molecule has 23 heavy (non-hydrogen) atoms. The van der Waals surface area contributed by atoms with Crippen LogP contribution in [0.2, 0.25) is 0 Å². The lowest BCUT2D eigenvalue weighted by Crippen LogP contribution is -2.56. The molecule has 3 heteroatoms. The second-order valence-electron chi connectivity index (χ2n) is 8.88. The second-order valence-corrected chi connectivity index (χ2v) is 8.88. The van der Waals surface area contributed by atoms with Crippen LogP contribution < -0.4 is 0 Å². The third-order valence-electron chi connectivity index (χ3n) is 7.49. The van der Waals surface area contributed by atoms with Gasteiger partial charge < -0.3 is 10.2 Å². The smallest absolute Gasteiger partial charge is 0.184 e. The van der Waals surface area contributed by atoms with E-state index in [-0.39, 0.29) is 29.1 Å². The van der Waals surface area contributed by atoms with Crippen molar-refractivity contribution >= 4 is 5.78 Å². The number of carbonyl (C=O) groups excluding carboxylic acids is 1. The molecule has 128 valence electrons. The molecule has 0 radical (unpaired) electrons. The van der Waals surface area contributed by atoms with Gasteiger partial charge in [0, 0.05) is 5.41 Å². The maximum Gasteiger partial charge on any atom is 0.184 e. The first-order valence-corrected chi connectivity index (χ1v) is 8.89. The molecule has 0 spiro atoms. The first-order chi connectivity index (χ1) is 10.7. The van der Waals surface area contributed by atoms with E-state index < -0.39 is 11.5 Å². The summed E-state index contributed by atoms with van der Waals surface area (Å²) in [5, 5.41) is 20.3. The van der Waals surface area contributed by atoms with Crippen LogP contribution in [-0.2, 0) is 4.79 Å². The minimum Gasteiger partial charge on any atom is -0.396 e. The van der Waals surface area contributed by atoms with E-state index in [1.165, 1.54) is 5.57 Å². The van der Waals surface area contributed by atoms with Gasteiger partial charge in [0.1, 0.15) is 6.10 Å². The summed E-state index contributed by atoms with van der Waals surface area (Å²) >= 11 is 0. The molecule has 2 N–H and O–H groups in total. The molecular formula is C20H30O3. The van der Waals surface area contributed by atoms with Crippen molar-refractivity contribution in [3.05, 3.63) is 24.3 Å². The highest BCUT2D eigenvalue weighted by molar-refractivity contribution is 5.96. The third-order valence-corrected chi connectivity index (χ3v) is 7.49. The van der Waals surface area contributed by atoms with E-state index in [0.717, 1.165) is 32.1 Å². The van der Waals surface area contributed by atoms with Crippen LogP contribution >= 0.6 is 0 Å². The standard InChI is InChI=1S/C20H30O3/c1-5-18(2)8-9-19(3)13(11-18)6-7-14-15(19)10-16(22)17(23)20(14,4)12-21/h5,10,13-14,17,21,23H,1,6-9,11-12H2,2-4H3. The van der Waals surface area contributed by atoms with Crippen LogP contribution in [0.3, 0.4) is 0 Å². The molecule has 2 saturated carbocycles. The van der Waals surface area contributed by atoms with Crippen LogP contribution in [0.25, 0.3) is 0 Å². The quantitative estimate of drug-likeness (QED) is 0.768. The Hall–Kier alpha value is -0.930. The zero-order valence-electron chi connectivity index (χ0n) is 14.6. The van der Waals surface area contributed by atoms with Gasteiger partial charge >= 0.3 is 0 Å². The molecule has 6 unspecified atom stereocenters. The molecule has 3 rings (SSSR count). The van der Waals surface area contributed by atoms with Crippen molar-refractivity contribution < 1.29 is 15.0 Å². The van der Waals surface area contributed by atoms with E-state index >= 15 is 0 Å². The summed E-state index contributed by atoms with van der Waals surface area (Å²) in [6, 6.07) is 0. The normalized spacial score (nSPS) is 49.9. The lowest BCUT2D eigenvalue weighted by molar-refractivity contribution is -0.139. The Bertz CT molecular complexity index is 565. The van der Waals surface area contributed by atoms with Gasteiger partial charge in [0.2, 0.25) is 0 Å². The van der Waals surface area contributed by atoms with E-state index in [0.29, 0.717) is 5.92 Å². The molecule has 0 aliphatic heterocycles. The number of aliphatic hydroxyl groups excluding tert-OH is 2. The molecule has 3 nitrogen and oxygen atoms in total. The van der Waals surface area contributed by atoms with Crippen LogP contribution in [0, 0.1) is 28.1 Å². The topological polar surface area (TPSA) is 57.5 Å². The SMILES string of the molecule is C=CC1(C)CCC2(C)C3=CC(=O)C(O)C(C)(CO)C3CCC2C1. The van der Waals surface area contributed by atoms with Gasteiger partial charge in [0.25, 0.3) is 0 Å². The highest BCUT2D eigenvalue weighted by Gasteiger charge is 2.57. The zero-order chi connectivity index (χ0) is 17.0. The molecule has 3 aliphatic carbocycles. The van der Waals surface area contributed by atoms with Gasteiger partial charge in [-0.05, 0) is 60.8 Å². The summed E-state index contributed by atoms with van der Waals surface area (Å²) in [7, 11) is 0. The number of hydrogen-bond acceptors (Lipinski definition) is 3. The van der Waals surface area contributed by atoms with Gasteiger partial charge in [-0.3, -0.25) is 4.79 Å². The van der Waals surface area contributed by atoms with E-state index in [4.69, 9.17) is 0 Å². The fourth-order valence-electron chi connectivity index (χ4n) is 5.44. The molecule has 0 aromatic heterocycles. The number of allylic oxidation sites excluding steroid dienone is 2. The monoisotopic (exact) mass is 318 g/mol. The van der Waals surface area contributed by atoms with Crippen molar-refractivity contribution in [1.82, 2.24) is 0 Å². The number of fused-ring (bicyclic) bond motifs is 3. The molecule has 3 aliphatic rings. The number of carbonyl (C=O) groups is 1. The predicted octanol–water partition coefficient (Wildman–Crippen LogP) is 3.26. The Kier molecular flexibility index (Phi) is 3.89. The summed E-state index contributed by atoms with van der Waals surface area (Å²) in [4.78, 5) is 12.4. The molecule has 6 atom stereocenters. The second kappa shape index (κ2) is 5.29. The molecule has 0 saturated heterocycles. The van der Waals surface area contributed by atoms with Crippen molar-refractivity contribution in [2.45, 2.75) is 59.0 Å². The number of ketones is 1. The van der Waals surface area contributed by atoms with E-state index in [9.17, 15) is 15.0 Å². The first kappa shape index (κ1) is 16.9. The molecular weight excluding hydrogens is 288 g/mol. The Morgan fingerprint density at radius 3 is 2.61 bits per heavy atom. The van der Waals surface area contributed by atoms with E-state index in [2.05, 4.69) is 26.5 Å². The lowest BCUT2D eigenvalue weighted by atomic mass is 9.46. The average Bonchev–Trinajstić information content (AvgIpc) is 2.54. The van der Waals surface area contributed by atoms with Crippen LogP contribution in [0.1, 0.15) is 52.9 Å². The molecule has 0 amide bonds. The molecule has 0 bridgehead atoms. The zero-order valence-corrected chi connectivity index (χ0v) is 14.6. The van der Waals surface area contributed by atoms with E-state index in [1.807, 2.05) is 6.92 Å². The summed E-state index contributed by atoms with van der Waals surface area (Å²) in [5.74, 6) is 0.425. The van der Waals surface area contributed by atoms with Crippen molar-refractivity contribution in [3.63, 3.8) is 0 Å². The van der Waals surface area contributed by atoms with Crippen molar-refractivity contribution in [2.24, 2.45) is 28.1 Å². The van der Waals surface area contributed by atoms with Gasteiger partial charge in [-0.1, -0.05) is 32.4 Å². The Morgan fingerprint density at radius 2 is 2.00 bits per heavy atom. The fraction of sp³-hybridized carbons (Fsp3) is 0.750. The van der Waals surface area contributed by atoms with Crippen molar-refractivity contribution in [3.8, 4) is 0 Å². The largest absolute Gasteiger partial charge is 0.396 e. The third kappa shape index (κ3) is 2.27. The first-order valence-electron chi connectivity index (χ1n) is 8.89. The number of hydrogen-bond donors (Lipinski definition) is 2. The summed E-state index contributed by atoms with van der Waals surface area (Å²) in [6.07, 6.45) is 8.02. The highest BCUT2D eigenvalue weighted by Crippen LogP contribution is 2.63. The minimum atomic E-state index is -1.08. The number of aliphatic hydroxyl groups is 2. The summed E-state index contributed by atoms with van der Waals surface area (Å²) in [5.41, 5.74) is 0.647. The van der Waals surface area contributed by atoms with E-state index in [1.54, 1.807) is 6.08 Å². The Balaban J connectivity index is 2.02. The maximum absolute atomic E-state index is 12.4. The predicted molar refractivity (Wildman–Crippen MR) is 90.8 cm³/mol. The lowest BCUT2D eigenvalue weighted by Gasteiger charge is -2.58. The van der Waals surface area contributed by atoms with Crippen LogP contribution in [0.4, 0.5) is 0 Å². The van der Waals surface area contributed by atoms with Gasteiger partial charge in [0.15, 0.2) is 5.78 Å². The maximum atomic E-state index is 12.4. The van der Waals surface area contributed by atoms with Crippen molar-refractivity contribution in [2.75, 3.05) is 6.61 Å². The van der Waals surface area contributed by atoms with Crippen LogP contribution in [0.15, 0.2) is 24.3 Å². The van der Waals surface area contributed by atoms with Crippen LogP contribution in [0.5, 0.6) is 0 Å². The average molecular weight is 318 g/mol. The van der Waals surface area contributed by atoms with Gasteiger partial charge in [0.05, 0.1) is 6.61 Å². The molecule has 0 aromatic carbocycles. The van der Waals surface area contributed by atoms with Gasteiger partial charge in [-0.25, -0.2) is 0 Å².